The van der Waals surface area contributed by atoms with Crippen LogP contribution in [-0.2, 0) is 16.0 Å². The average Bonchev–Trinajstić information content (AvgIpc) is 2.72. The summed E-state index contributed by atoms with van der Waals surface area (Å²) in [6.07, 6.45) is 1.76. The molecule has 0 aliphatic heterocycles. The number of likely N-dealkylation sites (N-methyl/N-ethyl adjacent to an activating group) is 1. The summed E-state index contributed by atoms with van der Waals surface area (Å²) < 4.78 is 0. The predicted molar refractivity (Wildman–Crippen MR) is 117 cm³/mol. The molecule has 4 nitrogen and oxygen atoms in total. The molecular formula is C23H30N2O2S. The molecule has 1 N–H and O–H groups in total. The normalized spacial score (nSPS) is 11.7. The summed E-state index contributed by atoms with van der Waals surface area (Å²) in [5.74, 6) is 0.634. The molecule has 0 bridgehead atoms. The number of thioether (sulfide) groups is 1. The third-order valence-electron chi connectivity index (χ3n) is 4.72. The largest absolute Gasteiger partial charge is 0.357 e. The van der Waals surface area contributed by atoms with Crippen LogP contribution in [0.5, 0.6) is 0 Å². The quantitative estimate of drug-likeness (QED) is 0.614. The van der Waals surface area contributed by atoms with E-state index in [0.29, 0.717) is 25.1 Å². The predicted octanol–water partition coefficient (Wildman–Crippen LogP) is 4.07. The number of hydrogen-bond donors (Lipinski definition) is 1. The molecule has 28 heavy (non-hydrogen) atoms. The molecular weight excluding hydrogens is 368 g/mol. The molecule has 5 heteroatoms. The van der Waals surface area contributed by atoms with Gasteiger partial charge in [0, 0.05) is 30.7 Å². The number of nitrogens with zero attached hydrogens (tertiary/aromatic N) is 1. The van der Waals surface area contributed by atoms with Crippen LogP contribution in [0, 0.1) is 6.92 Å². The molecule has 0 aromatic heterocycles. The van der Waals surface area contributed by atoms with E-state index in [4.69, 9.17) is 0 Å². The minimum Gasteiger partial charge on any atom is -0.357 e. The average molecular weight is 399 g/mol. The van der Waals surface area contributed by atoms with Gasteiger partial charge in [0.2, 0.25) is 11.8 Å². The number of hydrogen-bond acceptors (Lipinski definition) is 3. The molecule has 2 aromatic rings. The lowest BCUT2D eigenvalue weighted by Crippen LogP contribution is -2.49. The van der Waals surface area contributed by atoms with E-state index in [1.54, 1.807) is 23.7 Å². The Kier molecular flexibility index (Phi) is 9.08. The van der Waals surface area contributed by atoms with Crippen LogP contribution in [0.25, 0.3) is 0 Å². The SMILES string of the molecule is CC[C@@H](C(=O)NC)N(CCc1ccccc1)C(=O)CCSc1ccc(C)cc1. The number of benzene rings is 2. The Morgan fingerprint density at radius 2 is 1.75 bits per heavy atom. The molecule has 2 amide bonds. The molecule has 0 heterocycles. The van der Waals surface area contributed by atoms with Crippen molar-refractivity contribution in [1.29, 1.82) is 0 Å². The van der Waals surface area contributed by atoms with Gasteiger partial charge in [-0.3, -0.25) is 9.59 Å². The third kappa shape index (κ3) is 6.71. The van der Waals surface area contributed by atoms with Gasteiger partial charge in [-0.05, 0) is 37.5 Å². The molecule has 0 radical (unpaired) electrons. The summed E-state index contributed by atoms with van der Waals surface area (Å²) in [6.45, 7) is 4.56. The zero-order valence-corrected chi connectivity index (χ0v) is 17.8. The van der Waals surface area contributed by atoms with E-state index in [1.807, 2.05) is 25.1 Å². The molecule has 1 atom stereocenters. The van der Waals surface area contributed by atoms with Crippen molar-refractivity contribution in [2.24, 2.45) is 0 Å². The van der Waals surface area contributed by atoms with Gasteiger partial charge in [-0.2, -0.15) is 0 Å². The van der Waals surface area contributed by atoms with Crippen molar-refractivity contribution in [3.05, 3.63) is 65.7 Å². The maximum Gasteiger partial charge on any atom is 0.242 e. The first-order valence-corrected chi connectivity index (χ1v) is 10.8. The van der Waals surface area contributed by atoms with Gasteiger partial charge >= 0.3 is 0 Å². The molecule has 2 aromatic carbocycles. The van der Waals surface area contributed by atoms with Crippen LogP contribution < -0.4 is 5.32 Å². The second kappa shape index (κ2) is 11.5. The fourth-order valence-corrected chi connectivity index (χ4v) is 3.94. The van der Waals surface area contributed by atoms with Crippen LogP contribution in [0.1, 0.15) is 30.9 Å². The smallest absolute Gasteiger partial charge is 0.242 e. The number of carbonyl (C=O) groups is 2. The van der Waals surface area contributed by atoms with Crippen molar-refractivity contribution >= 4 is 23.6 Å². The van der Waals surface area contributed by atoms with E-state index in [1.165, 1.54) is 11.1 Å². The fraction of sp³-hybridized carbons (Fsp3) is 0.391. The Labute approximate surface area is 172 Å². The van der Waals surface area contributed by atoms with Crippen molar-refractivity contribution in [2.45, 2.75) is 44.0 Å². The molecule has 0 saturated carbocycles. The van der Waals surface area contributed by atoms with E-state index in [-0.39, 0.29) is 11.8 Å². The first kappa shape index (κ1) is 22.0. The summed E-state index contributed by atoms with van der Waals surface area (Å²) in [5, 5.41) is 2.70. The highest BCUT2D eigenvalue weighted by Crippen LogP contribution is 2.20. The maximum absolute atomic E-state index is 13.0. The summed E-state index contributed by atoms with van der Waals surface area (Å²) in [7, 11) is 1.62. The topological polar surface area (TPSA) is 49.4 Å². The zero-order chi connectivity index (χ0) is 20.4. The highest BCUT2D eigenvalue weighted by atomic mass is 32.2. The van der Waals surface area contributed by atoms with Gasteiger partial charge in [0.25, 0.3) is 0 Å². The summed E-state index contributed by atoms with van der Waals surface area (Å²) in [6, 6.07) is 18.0. The van der Waals surface area contributed by atoms with Crippen molar-refractivity contribution < 1.29 is 9.59 Å². The molecule has 0 unspecified atom stereocenters. The minimum atomic E-state index is -0.425. The van der Waals surface area contributed by atoms with Crippen molar-refractivity contribution in [1.82, 2.24) is 10.2 Å². The Bertz CT molecular complexity index is 747. The lowest BCUT2D eigenvalue weighted by Gasteiger charge is -2.30. The number of carbonyl (C=O) groups excluding carboxylic acids is 2. The lowest BCUT2D eigenvalue weighted by molar-refractivity contribution is -0.140. The molecule has 0 aliphatic carbocycles. The fourth-order valence-electron chi connectivity index (χ4n) is 3.10. The van der Waals surface area contributed by atoms with Crippen LogP contribution in [0.15, 0.2) is 59.5 Å². The lowest BCUT2D eigenvalue weighted by atomic mass is 10.1. The molecule has 0 spiro atoms. The van der Waals surface area contributed by atoms with Crippen LogP contribution >= 0.6 is 11.8 Å². The zero-order valence-electron chi connectivity index (χ0n) is 17.0. The van der Waals surface area contributed by atoms with Gasteiger partial charge in [-0.25, -0.2) is 0 Å². The van der Waals surface area contributed by atoms with Gasteiger partial charge in [-0.15, -0.1) is 11.8 Å². The van der Waals surface area contributed by atoms with Crippen molar-refractivity contribution in [3.63, 3.8) is 0 Å². The van der Waals surface area contributed by atoms with Gasteiger partial charge in [0.1, 0.15) is 6.04 Å². The molecule has 0 aliphatic rings. The Morgan fingerprint density at radius 3 is 2.36 bits per heavy atom. The van der Waals surface area contributed by atoms with Crippen LogP contribution in [0.2, 0.25) is 0 Å². The monoisotopic (exact) mass is 398 g/mol. The van der Waals surface area contributed by atoms with Crippen molar-refractivity contribution in [3.8, 4) is 0 Å². The first-order valence-electron chi connectivity index (χ1n) is 9.79. The number of rotatable bonds is 10. The van der Waals surface area contributed by atoms with E-state index >= 15 is 0 Å². The first-order chi connectivity index (χ1) is 13.5. The van der Waals surface area contributed by atoms with Crippen LogP contribution in [-0.4, -0.2) is 42.1 Å². The minimum absolute atomic E-state index is 0.0333. The van der Waals surface area contributed by atoms with E-state index < -0.39 is 6.04 Å². The highest BCUT2D eigenvalue weighted by molar-refractivity contribution is 7.99. The summed E-state index contributed by atoms with van der Waals surface area (Å²) in [4.78, 5) is 28.2. The van der Waals surface area contributed by atoms with E-state index in [2.05, 4.69) is 48.6 Å². The number of nitrogens with one attached hydrogen (secondary N) is 1. The maximum atomic E-state index is 13.0. The second-order valence-corrected chi connectivity index (χ2v) is 7.94. The highest BCUT2D eigenvalue weighted by Gasteiger charge is 2.27. The van der Waals surface area contributed by atoms with Crippen LogP contribution in [0.4, 0.5) is 0 Å². The molecule has 0 saturated heterocycles. The number of amides is 2. The second-order valence-electron chi connectivity index (χ2n) is 6.77. The van der Waals surface area contributed by atoms with Crippen molar-refractivity contribution in [2.75, 3.05) is 19.3 Å². The van der Waals surface area contributed by atoms with E-state index in [9.17, 15) is 9.59 Å². The van der Waals surface area contributed by atoms with Crippen LogP contribution in [0.3, 0.4) is 0 Å². The molecule has 0 fully saturated rings. The Balaban J connectivity index is 2.00. The Hall–Kier alpha value is -2.27. The molecule has 150 valence electrons. The van der Waals surface area contributed by atoms with Gasteiger partial charge < -0.3 is 10.2 Å². The van der Waals surface area contributed by atoms with Gasteiger partial charge in [0.15, 0.2) is 0 Å². The molecule has 2 rings (SSSR count). The standard InChI is InChI=1S/C23H30N2O2S/c1-4-21(23(27)24-3)25(16-14-19-8-6-5-7-9-19)22(26)15-17-28-20-12-10-18(2)11-13-20/h5-13,21H,4,14-17H2,1-3H3,(H,24,27)/t21-/m0/s1. The van der Waals surface area contributed by atoms with E-state index in [0.717, 1.165) is 11.3 Å². The summed E-state index contributed by atoms with van der Waals surface area (Å²) >= 11 is 1.67. The number of aryl methyl sites for hydroxylation is 1. The Morgan fingerprint density at radius 1 is 1.07 bits per heavy atom. The van der Waals surface area contributed by atoms with Gasteiger partial charge in [0.05, 0.1) is 0 Å². The van der Waals surface area contributed by atoms with Gasteiger partial charge in [-0.1, -0.05) is 55.0 Å². The summed E-state index contributed by atoms with van der Waals surface area (Å²) in [5.41, 5.74) is 2.39. The third-order valence-corrected chi connectivity index (χ3v) is 5.74.